The fraction of sp³-hybridized carbons (Fsp3) is 1.00. The summed E-state index contributed by atoms with van der Waals surface area (Å²) in [6.07, 6.45) is 5.39. The highest BCUT2D eigenvalue weighted by Gasteiger charge is 2.34. The first kappa shape index (κ1) is 10.8. The van der Waals surface area contributed by atoms with E-state index in [-0.39, 0.29) is 0 Å². The predicted octanol–water partition coefficient (Wildman–Crippen LogP) is 2.67. The van der Waals surface area contributed by atoms with Crippen LogP contribution in [0.15, 0.2) is 0 Å². The van der Waals surface area contributed by atoms with Crippen LogP contribution in [-0.4, -0.2) is 19.8 Å². The molecule has 1 saturated heterocycles. The van der Waals surface area contributed by atoms with Gasteiger partial charge in [-0.1, -0.05) is 19.8 Å². The molecule has 2 rings (SSSR count). The maximum absolute atomic E-state index is 5.69. The lowest BCUT2D eigenvalue weighted by Crippen LogP contribution is -2.37. The van der Waals surface area contributed by atoms with Gasteiger partial charge < -0.3 is 9.05 Å². The Balaban J connectivity index is 2.02. The summed E-state index contributed by atoms with van der Waals surface area (Å²) in [7, 11) is 0.912. The summed E-state index contributed by atoms with van der Waals surface area (Å²) in [6.45, 7) is 3.16. The first-order valence-electron chi connectivity index (χ1n) is 5.54. The first-order chi connectivity index (χ1) is 6.81. The maximum Gasteiger partial charge on any atom is 0.255 e. The van der Waals surface area contributed by atoms with Crippen molar-refractivity contribution in [1.82, 2.24) is 5.09 Å². The van der Waals surface area contributed by atoms with Crippen molar-refractivity contribution >= 4 is 8.53 Å². The Hall–Kier alpha value is 0.310. The Morgan fingerprint density at radius 3 is 2.93 bits per heavy atom. The molecule has 0 aromatic heterocycles. The third kappa shape index (κ3) is 2.27. The number of fused-ring (bicyclic) bond motifs is 1. The Morgan fingerprint density at radius 1 is 1.36 bits per heavy atom. The minimum absolute atomic E-state index is 0.632. The molecule has 0 bridgehead atoms. The van der Waals surface area contributed by atoms with Crippen molar-refractivity contribution in [2.24, 2.45) is 11.8 Å². The van der Waals surface area contributed by atoms with Crippen molar-refractivity contribution in [3.8, 4) is 0 Å². The van der Waals surface area contributed by atoms with Crippen LogP contribution in [0.25, 0.3) is 0 Å². The van der Waals surface area contributed by atoms with Gasteiger partial charge in [0.25, 0.3) is 8.53 Å². The van der Waals surface area contributed by atoms with Gasteiger partial charge in [0.05, 0.1) is 6.61 Å². The summed E-state index contributed by atoms with van der Waals surface area (Å²) in [5.41, 5.74) is 0. The molecule has 0 spiro atoms. The van der Waals surface area contributed by atoms with E-state index in [9.17, 15) is 0 Å². The minimum atomic E-state index is -0.816. The minimum Gasteiger partial charge on any atom is -0.325 e. The molecule has 2 aliphatic rings. The normalized spacial score (nSPS) is 44.1. The quantitative estimate of drug-likeness (QED) is 0.685. The molecule has 0 radical (unpaired) electrons. The van der Waals surface area contributed by atoms with Gasteiger partial charge in [0.1, 0.15) is 0 Å². The molecule has 4 heteroatoms. The fourth-order valence-electron chi connectivity index (χ4n) is 2.59. The smallest absolute Gasteiger partial charge is 0.255 e. The van der Waals surface area contributed by atoms with Crippen LogP contribution in [0.3, 0.4) is 0 Å². The largest absolute Gasteiger partial charge is 0.325 e. The van der Waals surface area contributed by atoms with Crippen molar-refractivity contribution in [2.45, 2.75) is 38.6 Å². The summed E-state index contributed by atoms with van der Waals surface area (Å²) < 4.78 is 11.0. The summed E-state index contributed by atoms with van der Waals surface area (Å²) in [5, 5.41) is 3.52. The number of rotatable bonds is 1. The molecule has 1 heterocycles. The van der Waals surface area contributed by atoms with E-state index in [1.807, 2.05) is 0 Å². The van der Waals surface area contributed by atoms with Crippen molar-refractivity contribution in [3.05, 3.63) is 0 Å². The Labute approximate surface area is 87.5 Å². The molecule has 3 nitrogen and oxygen atoms in total. The Morgan fingerprint density at radius 2 is 2.14 bits per heavy atom. The van der Waals surface area contributed by atoms with Gasteiger partial charge in [0.15, 0.2) is 0 Å². The van der Waals surface area contributed by atoms with Crippen LogP contribution < -0.4 is 5.09 Å². The van der Waals surface area contributed by atoms with E-state index in [2.05, 4.69) is 12.0 Å². The van der Waals surface area contributed by atoms with Crippen LogP contribution >= 0.6 is 8.53 Å². The number of hydrogen-bond acceptors (Lipinski definition) is 3. The van der Waals surface area contributed by atoms with E-state index < -0.39 is 8.53 Å². The second kappa shape index (κ2) is 4.89. The average molecular weight is 217 g/mol. The van der Waals surface area contributed by atoms with E-state index in [4.69, 9.17) is 9.05 Å². The molecule has 3 unspecified atom stereocenters. The zero-order valence-electron chi connectivity index (χ0n) is 9.03. The van der Waals surface area contributed by atoms with Gasteiger partial charge in [-0.3, -0.25) is 0 Å². The van der Waals surface area contributed by atoms with Crippen molar-refractivity contribution in [3.63, 3.8) is 0 Å². The standard InChI is InChI=1S/C10H20NO2P/c1-8-7-13-14(12-2)11-10-6-4-3-5-9(8)10/h8-11H,3-7H2,1-2H3/t8-,9?,10?,14?/m1/s1. The third-order valence-corrected chi connectivity index (χ3v) is 4.70. The molecule has 1 aliphatic heterocycles. The van der Waals surface area contributed by atoms with Crippen LogP contribution in [0.1, 0.15) is 32.6 Å². The van der Waals surface area contributed by atoms with Gasteiger partial charge in [-0.2, -0.15) is 0 Å². The lowest BCUT2D eigenvalue weighted by Gasteiger charge is -2.33. The van der Waals surface area contributed by atoms with Crippen LogP contribution in [0, 0.1) is 11.8 Å². The van der Waals surface area contributed by atoms with Crippen LogP contribution in [-0.2, 0) is 9.05 Å². The zero-order chi connectivity index (χ0) is 9.97. The molecule has 1 aliphatic carbocycles. The van der Waals surface area contributed by atoms with Gasteiger partial charge in [0.2, 0.25) is 0 Å². The Bertz CT molecular complexity index is 191. The molecule has 1 N–H and O–H groups in total. The highest BCUT2D eigenvalue weighted by Crippen LogP contribution is 2.43. The van der Waals surface area contributed by atoms with E-state index in [1.165, 1.54) is 25.7 Å². The molecule has 4 atom stereocenters. The monoisotopic (exact) mass is 217 g/mol. The second-order valence-electron chi connectivity index (χ2n) is 4.40. The van der Waals surface area contributed by atoms with Crippen LogP contribution in [0.2, 0.25) is 0 Å². The van der Waals surface area contributed by atoms with Gasteiger partial charge >= 0.3 is 0 Å². The molecule has 2 fully saturated rings. The molecule has 0 aromatic carbocycles. The summed E-state index contributed by atoms with van der Waals surface area (Å²) >= 11 is 0. The Kier molecular flexibility index (Phi) is 3.78. The first-order valence-corrected chi connectivity index (χ1v) is 6.72. The van der Waals surface area contributed by atoms with Crippen LogP contribution in [0.4, 0.5) is 0 Å². The van der Waals surface area contributed by atoms with Gasteiger partial charge in [-0.25, -0.2) is 5.09 Å². The highest BCUT2D eigenvalue weighted by atomic mass is 31.2. The summed E-state index contributed by atoms with van der Waals surface area (Å²) in [6, 6.07) is 0.632. The number of hydrogen-bond donors (Lipinski definition) is 1. The second-order valence-corrected chi connectivity index (χ2v) is 5.79. The van der Waals surface area contributed by atoms with Crippen molar-refractivity contribution < 1.29 is 9.05 Å². The van der Waals surface area contributed by atoms with Gasteiger partial charge in [-0.15, -0.1) is 0 Å². The van der Waals surface area contributed by atoms with Crippen molar-refractivity contribution in [1.29, 1.82) is 0 Å². The van der Waals surface area contributed by atoms with E-state index in [0.717, 1.165) is 12.5 Å². The highest BCUT2D eigenvalue weighted by molar-refractivity contribution is 7.44. The lowest BCUT2D eigenvalue weighted by atomic mass is 9.78. The topological polar surface area (TPSA) is 30.5 Å². The number of nitrogens with one attached hydrogen (secondary N) is 1. The van der Waals surface area contributed by atoms with Crippen LogP contribution in [0.5, 0.6) is 0 Å². The maximum atomic E-state index is 5.69. The molecular weight excluding hydrogens is 197 g/mol. The van der Waals surface area contributed by atoms with E-state index in [0.29, 0.717) is 12.0 Å². The van der Waals surface area contributed by atoms with E-state index >= 15 is 0 Å². The molecular formula is C10H20NO2P. The summed E-state index contributed by atoms with van der Waals surface area (Å²) in [5.74, 6) is 1.47. The SMILES string of the molecule is COP1NC2CCCCC2[C@H](C)CO1. The van der Waals surface area contributed by atoms with Crippen molar-refractivity contribution in [2.75, 3.05) is 13.7 Å². The average Bonchev–Trinajstić information content (AvgIpc) is 2.39. The third-order valence-electron chi connectivity index (χ3n) is 3.44. The molecule has 0 amide bonds. The van der Waals surface area contributed by atoms with E-state index in [1.54, 1.807) is 7.11 Å². The zero-order valence-corrected chi connectivity index (χ0v) is 9.93. The molecule has 14 heavy (non-hydrogen) atoms. The van der Waals surface area contributed by atoms with Gasteiger partial charge in [0, 0.05) is 13.2 Å². The molecule has 82 valence electrons. The summed E-state index contributed by atoms with van der Waals surface area (Å²) in [4.78, 5) is 0. The van der Waals surface area contributed by atoms with Gasteiger partial charge in [-0.05, 0) is 24.7 Å². The molecule has 1 saturated carbocycles. The lowest BCUT2D eigenvalue weighted by molar-refractivity contribution is 0.178. The fourth-order valence-corrected chi connectivity index (χ4v) is 3.84. The predicted molar refractivity (Wildman–Crippen MR) is 57.9 cm³/mol. The molecule has 0 aromatic rings.